The van der Waals surface area contributed by atoms with Gasteiger partial charge in [0.15, 0.2) is 0 Å². The number of benzene rings is 1. The van der Waals surface area contributed by atoms with E-state index in [9.17, 15) is 0 Å². The highest BCUT2D eigenvalue weighted by Crippen LogP contribution is 2.40. The maximum absolute atomic E-state index is 6.72. The first-order chi connectivity index (χ1) is 9.46. The third kappa shape index (κ3) is 3.29. The molecular formula is C17H26ClNO. The smallest absolute Gasteiger partial charge is 0.137 e. The summed E-state index contributed by atoms with van der Waals surface area (Å²) in [7, 11) is 1.65. The molecule has 2 unspecified atom stereocenters. The molecule has 3 heteroatoms. The Hall–Kier alpha value is -0.730. The lowest BCUT2D eigenvalue weighted by molar-refractivity contribution is 0.324. The van der Waals surface area contributed by atoms with Crippen molar-refractivity contribution in [3.05, 3.63) is 28.8 Å². The summed E-state index contributed by atoms with van der Waals surface area (Å²) in [5.41, 5.74) is 7.64. The number of rotatable bonds is 3. The minimum Gasteiger partial charge on any atom is -0.495 e. The molecular weight excluding hydrogens is 270 g/mol. The second-order valence-electron chi connectivity index (χ2n) is 6.44. The van der Waals surface area contributed by atoms with Crippen LogP contribution in [0.3, 0.4) is 0 Å². The first kappa shape index (κ1) is 15.7. The predicted octanol–water partition coefficient (Wildman–Crippen LogP) is 4.74. The van der Waals surface area contributed by atoms with Crippen LogP contribution in [-0.4, -0.2) is 7.11 Å². The summed E-state index contributed by atoms with van der Waals surface area (Å²) in [6, 6.07) is 5.97. The van der Waals surface area contributed by atoms with Crippen LogP contribution in [0.4, 0.5) is 0 Å². The van der Waals surface area contributed by atoms with Crippen molar-refractivity contribution in [2.24, 2.45) is 17.6 Å². The fourth-order valence-corrected chi connectivity index (χ4v) is 3.51. The zero-order chi connectivity index (χ0) is 14.8. The van der Waals surface area contributed by atoms with E-state index in [2.05, 4.69) is 19.9 Å². The van der Waals surface area contributed by atoms with Crippen molar-refractivity contribution < 1.29 is 4.74 Å². The first-order valence-corrected chi connectivity index (χ1v) is 7.97. The topological polar surface area (TPSA) is 35.2 Å². The maximum atomic E-state index is 6.72. The fraction of sp³-hybridized carbons (Fsp3) is 0.647. The first-order valence-electron chi connectivity index (χ1n) is 7.59. The van der Waals surface area contributed by atoms with E-state index in [-0.39, 0.29) is 5.54 Å². The lowest BCUT2D eigenvalue weighted by Gasteiger charge is -2.29. The molecule has 1 aromatic rings. The molecule has 0 amide bonds. The molecule has 2 nitrogen and oxygen atoms in total. The zero-order valence-corrected chi connectivity index (χ0v) is 13.5. The standard InChI is InChI=1S/C17H26ClNO/c1-12(2)13-5-4-9-17(19,10-8-13)14-6-7-15(18)16(11-14)20-3/h6-7,11-13H,4-5,8-10,19H2,1-3H3. The Labute approximate surface area is 127 Å². The number of nitrogens with two attached hydrogens (primary N) is 1. The Kier molecular flexibility index (Phi) is 4.98. The van der Waals surface area contributed by atoms with Crippen LogP contribution in [0.5, 0.6) is 5.75 Å². The summed E-state index contributed by atoms with van der Waals surface area (Å²) in [5, 5.41) is 0.647. The van der Waals surface area contributed by atoms with E-state index in [1.54, 1.807) is 7.11 Å². The van der Waals surface area contributed by atoms with Gasteiger partial charge in [-0.2, -0.15) is 0 Å². The normalized spacial score (nSPS) is 27.4. The van der Waals surface area contributed by atoms with Gasteiger partial charge in [-0.15, -0.1) is 0 Å². The molecule has 0 saturated heterocycles. The Morgan fingerprint density at radius 2 is 2.05 bits per heavy atom. The van der Waals surface area contributed by atoms with Gasteiger partial charge in [-0.25, -0.2) is 0 Å². The quantitative estimate of drug-likeness (QED) is 0.818. The molecule has 1 aromatic carbocycles. The van der Waals surface area contributed by atoms with Gasteiger partial charge in [0.05, 0.1) is 12.1 Å². The third-order valence-electron chi connectivity index (χ3n) is 4.83. The monoisotopic (exact) mass is 295 g/mol. The lowest BCUT2D eigenvalue weighted by atomic mass is 9.82. The van der Waals surface area contributed by atoms with Crippen molar-refractivity contribution in [1.82, 2.24) is 0 Å². The molecule has 0 radical (unpaired) electrons. The summed E-state index contributed by atoms with van der Waals surface area (Å²) in [6.07, 6.45) is 5.78. The Balaban J connectivity index is 2.22. The summed E-state index contributed by atoms with van der Waals surface area (Å²) >= 11 is 6.11. The van der Waals surface area contributed by atoms with Gasteiger partial charge in [-0.1, -0.05) is 44.4 Å². The molecule has 112 valence electrons. The molecule has 0 heterocycles. The Morgan fingerprint density at radius 3 is 2.70 bits per heavy atom. The molecule has 1 aliphatic carbocycles. The van der Waals surface area contributed by atoms with Crippen molar-refractivity contribution in [3.63, 3.8) is 0 Å². The van der Waals surface area contributed by atoms with E-state index >= 15 is 0 Å². The second-order valence-corrected chi connectivity index (χ2v) is 6.85. The van der Waals surface area contributed by atoms with E-state index in [0.29, 0.717) is 5.02 Å². The van der Waals surface area contributed by atoms with Crippen LogP contribution in [0.25, 0.3) is 0 Å². The fourth-order valence-electron chi connectivity index (χ4n) is 3.32. The van der Waals surface area contributed by atoms with Crippen LogP contribution in [0.2, 0.25) is 5.02 Å². The van der Waals surface area contributed by atoms with Crippen molar-refractivity contribution in [2.75, 3.05) is 7.11 Å². The van der Waals surface area contributed by atoms with Crippen molar-refractivity contribution >= 4 is 11.6 Å². The summed E-state index contributed by atoms with van der Waals surface area (Å²) < 4.78 is 5.32. The maximum Gasteiger partial charge on any atom is 0.137 e. The highest BCUT2D eigenvalue weighted by atomic mass is 35.5. The van der Waals surface area contributed by atoms with Gasteiger partial charge in [-0.3, -0.25) is 0 Å². The number of halogens is 1. The molecule has 1 saturated carbocycles. The molecule has 2 N–H and O–H groups in total. The van der Waals surface area contributed by atoms with Gasteiger partial charge in [0.1, 0.15) is 5.75 Å². The van der Waals surface area contributed by atoms with E-state index < -0.39 is 0 Å². The molecule has 2 rings (SSSR count). The molecule has 0 bridgehead atoms. The molecule has 1 aliphatic rings. The Bertz CT molecular complexity index is 460. The van der Waals surface area contributed by atoms with E-state index in [0.717, 1.165) is 36.0 Å². The number of ether oxygens (including phenoxy) is 1. The SMILES string of the molecule is COc1cc(C2(N)CCCC(C(C)C)CC2)ccc1Cl. The Morgan fingerprint density at radius 1 is 1.30 bits per heavy atom. The van der Waals surface area contributed by atoms with Crippen molar-refractivity contribution in [3.8, 4) is 5.75 Å². The summed E-state index contributed by atoms with van der Waals surface area (Å²) in [6.45, 7) is 4.64. The van der Waals surface area contributed by atoms with E-state index in [4.69, 9.17) is 22.1 Å². The molecule has 20 heavy (non-hydrogen) atoms. The summed E-state index contributed by atoms with van der Waals surface area (Å²) in [4.78, 5) is 0. The van der Waals surface area contributed by atoms with Crippen LogP contribution >= 0.6 is 11.6 Å². The van der Waals surface area contributed by atoms with E-state index in [1.807, 2.05) is 12.1 Å². The van der Waals surface area contributed by atoms with Crippen LogP contribution in [0.1, 0.15) is 51.5 Å². The minimum absolute atomic E-state index is 0.235. The van der Waals surface area contributed by atoms with Crippen molar-refractivity contribution in [1.29, 1.82) is 0 Å². The predicted molar refractivity (Wildman–Crippen MR) is 85.3 cm³/mol. The molecule has 1 fully saturated rings. The zero-order valence-electron chi connectivity index (χ0n) is 12.8. The van der Waals surface area contributed by atoms with Crippen LogP contribution in [0, 0.1) is 11.8 Å². The van der Waals surface area contributed by atoms with Gasteiger partial charge >= 0.3 is 0 Å². The van der Waals surface area contributed by atoms with Gasteiger partial charge in [-0.05, 0) is 48.8 Å². The average molecular weight is 296 g/mol. The van der Waals surface area contributed by atoms with Crippen LogP contribution in [-0.2, 0) is 5.54 Å². The van der Waals surface area contributed by atoms with Crippen LogP contribution in [0.15, 0.2) is 18.2 Å². The molecule has 0 aromatic heterocycles. The van der Waals surface area contributed by atoms with Gasteiger partial charge in [0.2, 0.25) is 0 Å². The highest BCUT2D eigenvalue weighted by Gasteiger charge is 2.32. The second kappa shape index (κ2) is 6.36. The highest BCUT2D eigenvalue weighted by molar-refractivity contribution is 6.32. The number of hydrogen-bond acceptors (Lipinski definition) is 2. The molecule has 2 atom stereocenters. The van der Waals surface area contributed by atoms with Gasteiger partial charge in [0.25, 0.3) is 0 Å². The van der Waals surface area contributed by atoms with Crippen LogP contribution < -0.4 is 10.5 Å². The number of methoxy groups -OCH3 is 1. The number of hydrogen-bond donors (Lipinski definition) is 1. The molecule has 0 spiro atoms. The largest absolute Gasteiger partial charge is 0.495 e. The third-order valence-corrected chi connectivity index (χ3v) is 5.14. The molecule has 0 aliphatic heterocycles. The lowest BCUT2D eigenvalue weighted by Crippen LogP contribution is -2.36. The minimum atomic E-state index is -0.235. The van der Waals surface area contributed by atoms with Gasteiger partial charge in [0, 0.05) is 5.54 Å². The summed E-state index contributed by atoms with van der Waals surface area (Å²) in [5.74, 6) is 2.27. The van der Waals surface area contributed by atoms with Gasteiger partial charge < -0.3 is 10.5 Å². The average Bonchev–Trinajstić information content (AvgIpc) is 2.62. The van der Waals surface area contributed by atoms with E-state index in [1.165, 1.54) is 19.3 Å². The van der Waals surface area contributed by atoms with Crippen molar-refractivity contribution in [2.45, 2.75) is 51.5 Å².